The Morgan fingerprint density at radius 2 is 2.04 bits per heavy atom. The Balaban J connectivity index is 1.61. The van der Waals surface area contributed by atoms with Crippen molar-refractivity contribution in [1.29, 1.82) is 0 Å². The highest BCUT2D eigenvalue weighted by atomic mass is 32.1. The van der Waals surface area contributed by atoms with Crippen molar-refractivity contribution < 1.29 is 14.3 Å². The first-order valence-electron chi connectivity index (χ1n) is 7.47. The molecule has 0 bridgehead atoms. The van der Waals surface area contributed by atoms with Crippen molar-refractivity contribution in [3.8, 4) is 10.6 Å². The Hall–Kier alpha value is -3.00. The number of benzene rings is 1. The molecule has 0 aliphatic carbocycles. The van der Waals surface area contributed by atoms with Gasteiger partial charge in [-0.15, -0.1) is 11.3 Å². The smallest absolute Gasteiger partial charge is 0.337 e. The van der Waals surface area contributed by atoms with Crippen molar-refractivity contribution in [2.45, 2.75) is 6.54 Å². The van der Waals surface area contributed by atoms with Gasteiger partial charge in [-0.1, -0.05) is 12.1 Å². The average Bonchev–Trinajstić information content (AvgIpc) is 3.28. The second kappa shape index (κ2) is 7.27. The van der Waals surface area contributed by atoms with E-state index in [-0.39, 0.29) is 11.9 Å². The first-order valence-corrected chi connectivity index (χ1v) is 8.35. The van der Waals surface area contributed by atoms with Crippen molar-refractivity contribution in [2.24, 2.45) is 7.05 Å². The second-order valence-corrected chi connectivity index (χ2v) is 6.17. The summed E-state index contributed by atoms with van der Waals surface area (Å²) in [4.78, 5) is 28.0. The van der Waals surface area contributed by atoms with Gasteiger partial charge in [0.15, 0.2) is 0 Å². The molecule has 1 N–H and O–H groups in total. The molecule has 3 rings (SSSR count). The maximum atomic E-state index is 12.2. The molecule has 0 aliphatic rings. The molecule has 0 saturated carbocycles. The quantitative estimate of drug-likeness (QED) is 0.709. The zero-order chi connectivity index (χ0) is 17.8. The van der Waals surface area contributed by atoms with E-state index in [2.05, 4.69) is 20.1 Å². The van der Waals surface area contributed by atoms with Crippen LogP contribution in [0.4, 0.5) is 0 Å². The van der Waals surface area contributed by atoms with Crippen molar-refractivity contribution in [3.63, 3.8) is 0 Å². The third kappa shape index (κ3) is 3.92. The van der Waals surface area contributed by atoms with Crippen molar-refractivity contribution >= 4 is 23.2 Å². The van der Waals surface area contributed by atoms with Crippen LogP contribution in [0.1, 0.15) is 26.4 Å². The van der Waals surface area contributed by atoms with Crippen molar-refractivity contribution in [2.75, 3.05) is 7.11 Å². The van der Waals surface area contributed by atoms with Crippen LogP contribution in [-0.2, 0) is 18.3 Å². The monoisotopic (exact) mass is 356 g/mol. The third-order valence-corrected chi connectivity index (χ3v) is 4.41. The van der Waals surface area contributed by atoms with Gasteiger partial charge in [0.2, 0.25) is 0 Å². The van der Waals surface area contributed by atoms with E-state index in [1.165, 1.54) is 18.4 Å². The summed E-state index contributed by atoms with van der Waals surface area (Å²) in [6.07, 6.45) is 3.56. The first-order chi connectivity index (χ1) is 12.1. The van der Waals surface area contributed by atoms with E-state index < -0.39 is 0 Å². The molecule has 2 aromatic heterocycles. The molecule has 0 radical (unpaired) electrons. The number of rotatable bonds is 5. The fourth-order valence-electron chi connectivity index (χ4n) is 2.19. The van der Waals surface area contributed by atoms with Gasteiger partial charge in [0.05, 0.1) is 18.9 Å². The maximum Gasteiger partial charge on any atom is 0.337 e. The predicted molar refractivity (Wildman–Crippen MR) is 93.3 cm³/mol. The molecular formula is C17H16N4O3S. The lowest BCUT2D eigenvalue weighted by Gasteiger charge is -2.04. The SMILES string of the molecule is COC(=O)c1ccc(CNC(=O)c2csc(-c3cnn(C)c3)n2)cc1. The van der Waals surface area contributed by atoms with E-state index in [0.717, 1.165) is 16.1 Å². The van der Waals surface area contributed by atoms with Gasteiger partial charge in [0, 0.05) is 30.7 Å². The number of thiazole rings is 1. The molecule has 7 nitrogen and oxygen atoms in total. The lowest BCUT2D eigenvalue weighted by atomic mass is 10.1. The predicted octanol–water partition coefficient (Wildman–Crippen LogP) is 2.26. The Kier molecular flexibility index (Phi) is 4.90. The molecule has 0 atom stereocenters. The first kappa shape index (κ1) is 16.8. The van der Waals surface area contributed by atoms with E-state index in [0.29, 0.717) is 17.8 Å². The van der Waals surface area contributed by atoms with E-state index in [1.54, 1.807) is 40.5 Å². The van der Waals surface area contributed by atoms with Gasteiger partial charge < -0.3 is 10.1 Å². The fraction of sp³-hybridized carbons (Fsp3) is 0.176. The molecular weight excluding hydrogens is 340 g/mol. The minimum absolute atomic E-state index is 0.247. The van der Waals surface area contributed by atoms with E-state index in [9.17, 15) is 9.59 Å². The van der Waals surface area contributed by atoms with Gasteiger partial charge in [-0.3, -0.25) is 9.48 Å². The third-order valence-electron chi connectivity index (χ3n) is 3.52. The minimum Gasteiger partial charge on any atom is -0.465 e. The number of hydrogen-bond donors (Lipinski definition) is 1. The highest BCUT2D eigenvalue weighted by molar-refractivity contribution is 7.13. The minimum atomic E-state index is -0.388. The zero-order valence-corrected chi connectivity index (χ0v) is 14.5. The van der Waals surface area contributed by atoms with Gasteiger partial charge in [0.1, 0.15) is 10.7 Å². The molecule has 2 heterocycles. The van der Waals surface area contributed by atoms with Crippen LogP contribution >= 0.6 is 11.3 Å². The number of aromatic nitrogens is 3. The molecule has 1 aromatic carbocycles. The summed E-state index contributed by atoms with van der Waals surface area (Å²) in [7, 11) is 3.17. The van der Waals surface area contributed by atoms with Crippen LogP contribution in [-0.4, -0.2) is 33.8 Å². The molecule has 128 valence electrons. The van der Waals surface area contributed by atoms with Crippen LogP contribution in [0.15, 0.2) is 42.0 Å². The van der Waals surface area contributed by atoms with E-state index in [4.69, 9.17) is 0 Å². The lowest BCUT2D eigenvalue weighted by Crippen LogP contribution is -2.23. The summed E-state index contributed by atoms with van der Waals surface area (Å²) in [5, 5.41) is 9.39. The fourth-order valence-corrected chi connectivity index (χ4v) is 2.97. The highest BCUT2D eigenvalue weighted by Gasteiger charge is 2.13. The number of nitrogens with zero attached hydrogens (tertiary/aromatic N) is 3. The summed E-state index contributed by atoms with van der Waals surface area (Å²) < 4.78 is 6.34. The van der Waals surface area contributed by atoms with Gasteiger partial charge in [-0.05, 0) is 17.7 Å². The van der Waals surface area contributed by atoms with Gasteiger partial charge in [-0.2, -0.15) is 5.10 Å². The number of carbonyl (C=O) groups is 2. The van der Waals surface area contributed by atoms with Gasteiger partial charge >= 0.3 is 5.97 Å². The summed E-state index contributed by atoms with van der Waals surface area (Å²) in [6, 6.07) is 6.87. The Labute approximate surface area is 148 Å². The summed E-state index contributed by atoms with van der Waals surface area (Å²) in [5.41, 5.74) is 2.60. The largest absolute Gasteiger partial charge is 0.465 e. The molecule has 3 aromatic rings. The molecule has 0 fully saturated rings. The Morgan fingerprint density at radius 1 is 1.28 bits per heavy atom. The normalized spacial score (nSPS) is 10.5. The number of methoxy groups -OCH3 is 1. The molecule has 25 heavy (non-hydrogen) atoms. The Bertz CT molecular complexity index is 899. The van der Waals surface area contributed by atoms with Crippen LogP contribution in [0.3, 0.4) is 0 Å². The van der Waals surface area contributed by atoms with Crippen LogP contribution in [0.2, 0.25) is 0 Å². The molecule has 0 unspecified atom stereocenters. The lowest BCUT2D eigenvalue weighted by molar-refractivity contribution is 0.0600. The number of ether oxygens (including phenoxy) is 1. The Morgan fingerprint density at radius 3 is 2.68 bits per heavy atom. The molecule has 1 amide bonds. The van der Waals surface area contributed by atoms with E-state index in [1.807, 2.05) is 13.2 Å². The van der Waals surface area contributed by atoms with E-state index >= 15 is 0 Å². The average molecular weight is 356 g/mol. The number of carbonyl (C=O) groups excluding carboxylic acids is 2. The topological polar surface area (TPSA) is 86.1 Å². The summed E-state index contributed by atoms with van der Waals surface area (Å²) in [6.45, 7) is 0.347. The summed E-state index contributed by atoms with van der Waals surface area (Å²) in [5.74, 6) is -0.635. The standard InChI is InChI=1S/C17H16N4O3S/c1-21-9-13(8-19-21)16-20-14(10-25-16)15(22)18-7-11-3-5-12(6-4-11)17(23)24-2/h3-6,8-10H,7H2,1-2H3,(H,18,22). The van der Waals surface area contributed by atoms with Crippen LogP contribution in [0.5, 0.6) is 0 Å². The number of hydrogen-bond acceptors (Lipinski definition) is 6. The van der Waals surface area contributed by atoms with Gasteiger partial charge in [-0.25, -0.2) is 9.78 Å². The molecule has 0 saturated heterocycles. The van der Waals surface area contributed by atoms with Crippen LogP contribution in [0.25, 0.3) is 10.6 Å². The van der Waals surface area contributed by atoms with Gasteiger partial charge in [0.25, 0.3) is 5.91 Å². The molecule has 8 heteroatoms. The van der Waals surface area contributed by atoms with Crippen LogP contribution in [0, 0.1) is 0 Å². The van der Waals surface area contributed by atoms with Crippen molar-refractivity contribution in [3.05, 3.63) is 58.9 Å². The number of amides is 1. The molecule has 0 aliphatic heterocycles. The number of nitrogens with one attached hydrogen (secondary N) is 1. The second-order valence-electron chi connectivity index (χ2n) is 5.31. The number of esters is 1. The van der Waals surface area contributed by atoms with Crippen LogP contribution < -0.4 is 5.32 Å². The zero-order valence-electron chi connectivity index (χ0n) is 13.7. The summed E-state index contributed by atoms with van der Waals surface area (Å²) >= 11 is 1.40. The highest BCUT2D eigenvalue weighted by Crippen LogP contribution is 2.22. The molecule has 0 spiro atoms. The van der Waals surface area contributed by atoms with Crippen molar-refractivity contribution in [1.82, 2.24) is 20.1 Å². The number of aryl methyl sites for hydroxylation is 1. The maximum absolute atomic E-state index is 12.2.